The normalized spacial score (nSPS) is 11.0. The van der Waals surface area contributed by atoms with Crippen LogP contribution in [0.15, 0.2) is 71.6 Å². The van der Waals surface area contributed by atoms with Crippen molar-refractivity contribution in [3.05, 3.63) is 86.9 Å². The predicted molar refractivity (Wildman–Crippen MR) is 126 cm³/mol. The van der Waals surface area contributed by atoms with Crippen LogP contribution in [0.2, 0.25) is 10.0 Å². The standard InChI is InChI=1S/C21H17Cl2N3O6S/c1-25(33(30,31)20-5-3-2-4-19(20)26(28)29)15-7-9-16(10-8-15)32-13-21(27)24-18-11-6-14(22)12-17(18)23/h2-12H,13H2,1H3,(H,24,27). The van der Waals surface area contributed by atoms with E-state index in [0.717, 1.165) is 10.4 Å². The Balaban J connectivity index is 1.67. The average Bonchev–Trinajstić information content (AvgIpc) is 2.79. The number of carbonyl (C=O) groups excluding carboxylic acids is 1. The molecule has 3 aromatic carbocycles. The highest BCUT2D eigenvalue weighted by atomic mass is 35.5. The fourth-order valence-electron chi connectivity index (χ4n) is 2.79. The van der Waals surface area contributed by atoms with Crippen molar-refractivity contribution in [1.82, 2.24) is 0 Å². The van der Waals surface area contributed by atoms with E-state index in [1.807, 2.05) is 0 Å². The third-order valence-electron chi connectivity index (χ3n) is 4.48. The molecule has 0 spiro atoms. The Labute approximate surface area is 199 Å². The van der Waals surface area contributed by atoms with Gasteiger partial charge in [-0.25, -0.2) is 8.42 Å². The van der Waals surface area contributed by atoms with E-state index in [2.05, 4.69) is 5.32 Å². The SMILES string of the molecule is CN(c1ccc(OCC(=O)Nc2ccc(Cl)cc2Cl)cc1)S(=O)(=O)c1ccccc1[N+](=O)[O-]. The minimum Gasteiger partial charge on any atom is -0.484 e. The lowest BCUT2D eigenvalue weighted by atomic mass is 10.3. The molecule has 0 atom stereocenters. The lowest BCUT2D eigenvalue weighted by Crippen LogP contribution is -2.27. The second kappa shape index (κ2) is 10.1. The molecule has 0 aliphatic carbocycles. The van der Waals surface area contributed by atoms with Crippen molar-refractivity contribution in [2.24, 2.45) is 0 Å². The minimum atomic E-state index is -4.18. The zero-order valence-corrected chi connectivity index (χ0v) is 19.4. The third-order valence-corrected chi connectivity index (χ3v) is 6.86. The van der Waals surface area contributed by atoms with Crippen LogP contribution in [0.3, 0.4) is 0 Å². The molecule has 0 bridgehead atoms. The van der Waals surface area contributed by atoms with Crippen LogP contribution < -0.4 is 14.4 Å². The molecule has 0 saturated heterocycles. The lowest BCUT2D eigenvalue weighted by molar-refractivity contribution is -0.387. The highest BCUT2D eigenvalue weighted by Crippen LogP contribution is 2.30. The summed E-state index contributed by atoms with van der Waals surface area (Å²) in [4.78, 5) is 22.1. The molecule has 0 aliphatic heterocycles. The molecular weight excluding hydrogens is 493 g/mol. The number of ether oxygens (including phenoxy) is 1. The van der Waals surface area contributed by atoms with Crippen molar-refractivity contribution in [2.75, 3.05) is 23.3 Å². The monoisotopic (exact) mass is 509 g/mol. The Hall–Kier alpha value is -3.34. The van der Waals surface area contributed by atoms with Gasteiger partial charge in [0, 0.05) is 18.1 Å². The number of hydrogen-bond donors (Lipinski definition) is 1. The summed E-state index contributed by atoms with van der Waals surface area (Å²) >= 11 is 11.8. The lowest BCUT2D eigenvalue weighted by Gasteiger charge is -2.19. The van der Waals surface area contributed by atoms with Gasteiger partial charge in [0.15, 0.2) is 11.5 Å². The first-order valence-electron chi connectivity index (χ1n) is 9.29. The van der Waals surface area contributed by atoms with Gasteiger partial charge in [0.05, 0.1) is 21.3 Å². The first-order valence-corrected chi connectivity index (χ1v) is 11.5. The van der Waals surface area contributed by atoms with E-state index in [9.17, 15) is 23.3 Å². The summed E-state index contributed by atoms with van der Waals surface area (Å²) in [5.41, 5.74) is 0.112. The number of amides is 1. The summed E-state index contributed by atoms with van der Waals surface area (Å²) in [6, 6.07) is 15.6. The van der Waals surface area contributed by atoms with E-state index in [-0.39, 0.29) is 17.3 Å². The summed E-state index contributed by atoms with van der Waals surface area (Å²) in [6.07, 6.45) is 0. The zero-order chi connectivity index (χ0) is 24.2. The molecule has 0 aromatic heterocycles. The van der Waals surface area contributed by atoms with Gasteiger partial charge in [-0.2, -0.15) is 0 Å². The Morgan fingerprint density at radius 2 is 1.76 bits per heavy atom. The number of halogens is 2. The highest BCUT2D eigenvalue weighted by Gasteiger charge is 2.29. The quantitative estimate of drug-likeness (QED) is 0.345. The van der Waals surface area contributed by atoms with Gasteiger partial charge < -0.3 is 10.1 Å². The van der Waals surface area contributed by atoms with Crippen LogP contribution in [-0.2, 0) is 14.8 Å². The Kier molecular flexibility index (Phi) is 7.42. The van der Waals surface area contributed by atoms with Crippen LogP contribution in [0.1, 0.15) is 0 Å². The number of nitrogens with zero attached hydrogens (tertiary/aromatic N) is 2. The van der Waals surface area contributed by atoms with Gasteiger partial charge in [0.1, 0.15) is 5.75 Å². The molecule has 0 fully saturated rings. The minimum absolute atomic E-state index is 0.248. The van der Waals surface area contributed by atoms with Crippen molar-refractivity contribution in [3.63, 3.8) is 0 Å². The average molecular weight is 510 g/mol. The van der Waals surface area contributed by atoms with Crippen LogP contribution in [0.5, 0.6) is 5.75 Å². The molecule has 12 heteroatoms. The van der Waals surface area contributed by atoms with E-state index in [4.69, 9.17) is 27.9 Å². The number of para-hydroxylation sites is 1. The molecule has 0 unspecified atom stereocenters. The number of hydrogen-bond acceptors (Lipinski definition) is 6. The summed E-state index contributed by atoms with van der Waals surface area (Å²) in [5.74, 6) is -0.146. The molecule has 0 saturated carbocycles. The Bertz CT molecular complexity index is 1300. The molecule has 1 amide bonds. The van der Waals surface area contributed by atoms with Gasteiger partial charge in [-0.1, -0.05) is 35.3 Å². The molecule has 3 aromatic rings. The van der Waals surface area contributed by atoms with Gasteiger partial charge in [0.25, 0.3) is 21.6 Å². The summed E-state index contributed by atoms with van der Waals surface area (Å²) in [5, 5.41) is 14.5. The number of sulfonamides is 1. The first-order chi connectivity index (χ1) is 15.6. The van der Waals surface area contributed by atoms with Crippen molar-refractivity contribution >= 4 is 56.2 Å². The second-order valence-electron chi connectivity index (χ2n) is 6.65. The van der Waals surface area contributed by atoms with E-state index in [1.54, 1.807) is 12.1 Å². The van der Waals surface area contributed by atoms with Crippen LogP contribution in [0.4, 0.5) is 17.1 Å². The largest absolute Gasteiger partial charge is 0.484 e. The molecular formula is C21H17Cl2N3O6S. The maximum absolute atomic E-state index is 12.9. The Morgan fingerprint density at radius 3 is 2.39 bits per heavy atom. The molecule has 1 N–H and O–H groups in total. The van der Waals surface area contributed by atoms with E-state index in [1.165, 1.54) is 55.6 Å². The van der Waals surface area contributed by atoms with Gasteiger partial charge in [-0.15, -0.1) is 0 Å². The number of nitrogens with one attached hydrogen (secondary N) is 1. The van der Waals surface area contributed by atoms with Gasteiger partial charge >= 0.3 is 0 Å². The second-order valence-corrected chi connectivity index (χ2v) is 9.43. The smallest absolute Gasteiger partial charge is 0.289 e. The van der Waals surface area contributed by atoms with Crippen molar-refractivity contribution in [3.8, 4) is 5.75 Å². The van der Waals surface area contributed by atoms with Crippen LogP contribution in [0.25, 0.3) is 0 Å². The molecule has 0 aliphatic rings. The zero-order valence-electron chi connectivity index (χ0n) is 17.1. The summed E-state index contributed by atoms with van der Waals surface area (Å²) in [6.45, 7) is -0.317. The summed E-state index contributed by atoms with van der Waals surface area (Å²) < 4.78 is 32.1. The topological polar surface area (TPSA) is 119 Å². The summed E-state index contributed by atoms with van der Waals surface area (Å²) in [7, 11) is -2.90. The van der Waals surface area contributed by atoms with Crippen LogP contribution in [0, 0.1) is 10.1 Å². The van der Waals surface area contributed by atoms with Crippen LogP contribution in [-0.4, -0.2) is 32.9 Å². The first kappa shape index (κ1) is 24.3. The number of nitro groups is 1. The fourth-order valence-corrected chi connectivity index (χ4v) is 4.60. The van der Waals surface area contributed by atoms with Crippen molar-refractivity contribution in [2.45, 2.75) is 4.90 Å². The maximum Gasteiger partial charge on any atom is 0.289 e. The molecule has 33 heavy (non-hydrogen) atoms. The highest BCUT2D eigenvalue weighted by molar-refractivity contribution is 7.93. The molecule has 3 rings (SSSR count). The fraction of sp³-hybridized carbons (Fsp3) is 0.0952. The van der Waals surface area contributed by atoms with E-state index >= 15 is 0 Å². The van der Waals surface area contributed by atoms with Crippen molar-refractivity contribution in [1.29, 1.82) is 0 Å². The maximum atomic E-state index is 12.9. The number of carbonyl (C=O) groups is 1. The molecule has 172 valence electrons. The number of nitro benzene ring substituents is 1. The number of rotatable bonds is 8. The molecule has 9 nitrogen and oxygen atoms in total. The number of benzene rings is 3. The van der Waals surface area contributed by atoms with E-state index in [0.29, 0.717) is 16.5 Å². The van der Waals surface area contributed by atoms with Gasteiger partial charge in [0.2, 0.25) is 0 Å². The van der Waals surface area contributed by atoms with Gasteiger partial charge in [-0.3, -0.25) is 19.2 Å². The number of anilines is 2. The third kappa shape index (κ3) is 5.72. The molecule has 0 heterocycles. The van der Waals surface area contributed by atoms with E-state index < -0.39 is 31.4 Å². The van der Waals surface area contributed by atoms with Crippen LogP contribution >= 0.6 is 23.2 Å². The predicted octanol–water partition coefficient (Wildman–Crippen LogP) is 4.74. The Morgan fingerprint density at radius 1 is 1.09 bits per heavy atom. The molecule has 0 radical (unpaired) electrons. The van der Waals surface area contributed by atoms with Crippen molar-refractivity contribution < 1.29 is 22.9 Å². The van der Waals surface area contributed by atoms with Gasteiger partial charge in [-0.05, 0) is 48.5 Å².